The predicted molar refractivity (Wildman–Crippen MR) is 246 cm³/mol. The molecule has 18 N–H and O–H groups in total. The van der Waals surface area contributed by atoms with Crippen LogP contribution in [0.2, 0.25) is 10.6 Å². The minimum atomic E-state index is -1.35. The molecule has 66 heavy (non-hydrogen) atoms. The van der Waals surface area contributed by atoms with E-state index in [1.165, 1.54) is 13.8 Å². The number of carbonyl (C=O) groups is 10. The Hall–Kier alpha value is -4.42. The van der Waals surface area contributed by atoms with Crippen LogP contribution in [0.25, 0.3) is 0 Å². The van der Waals surface area contributed by atoms with Crippen LogP contribution >= 0.6 is 0 Å². The standard InChI is InChI=1S/C40H74N12O12Se2/c1-21(2)15-25(43)33(55)51-27(11-7-9-13-41)35(57)45-17-31(53)49-29(37(59)47-23(5)39(61)62)19-65-66-20-30(38(60)48-24(6)40(63)64)50-32(54)18-46-36(58)28(12-8-10-14-42)52-34(56)26(44)16-22(3)4/h21-30H,7-20,41-44H2,1-6H3,(H,45,57)(H,46,58)(H,47,59)(H,48,60)(H,49,53)(H,50,54)(H,51,55)(H,52,56)(H,61,62)(H,63,64)/t23-,24-,25-,26-,27-,28-,29-,30-/m0/s1. The Morgan fingerprint density at radius 2 is 0.788 bits per heavy atom. The summed E-state index contributed by atoms with van der Waals surface area (Å²) in [6.07, 6.45) is 3.28. The molecule has 0 unspecified atom stereocenters. The molecular formula is C40H74N12O12Se2. The first-order chi connectivity index (χ1) is 30.9. The molecule has 0 fully saturated rings. The van der Waals surface area contributed by atoms with E-state index >= 15 is 0 Å². The van der Waals surface area contributed by atoms with Crippen LogP contribution in [0.3, 0.4) is 0 Å². The van der Waals surface area contributed by atoms with Gasteiger partial charge < -0.3 is 11.5 Å². The van der Waals surface area contributed by atoms with Gasteiger partial charge in [-0.05, 0) is 11.8 Å². The first kappa shape index (κ1) is 61.6. The Bertz CT molecular complexity index is 1500. The Labute approximate surface area is 397 Å². The normalized spacial score (nSPS) is 14.8. The zero-order chi connectivity index (χ0) is 50.5. The summed E-state index contributed by atoms with van der Waals surface area (Å²) in [6.45, 7) is 9.47. The van der Waals surface area contributed by atoms with Crippen LogP contribution in [0.4, 0.5) is 0 Å². The number of carboxylic acids is 2. The van der Waals surface area contributed by atoms with Crippen molar-refractivity contribution in [2.75, 3.05) is 26.2 Å². The molecule has 0 saturated heterocycles. The molecule has 0 aromatic carbocycles. The van der Waals surface area contributed by atoms with Crippen LogP contribution in [-0.2, 0) is 47.9 Å². The number of unbranched alkanes of at least 4 members (excludes halogenated alkanes) is 2. The molecule has 0 radical (unpaired) electrons. The second-order valence-corrected chi connectivity index (χ2v) is 24.1. The van der Waals surface area contributed by atoms with Gasteiger partial charge in [-0.2, -0.15) is 0 Å². The van der Waals surface area contributed by atoms with E-state index in [-0.39, 0.29) is 35.3 Å². The summed E-state index contributed by atoms with van der Waals surface area (Å²) >= 11 is -1.07. The number of nitrogens with two attached hydrogens (primary N) is 4. The molecule has 0 aromatic rings. The molecular weight excluding hydrogens is 998 g/mol. The van der Waals surface area contributed by atoms with Crippen molar-refractivity contribution < 1.29 is 58.2 Å². The van der Waals surface area contributed by atoms with E-state index in [1.807, 2.05) is 27.7 Å². The molecule has 24 nitrogen and oxygen atoms in total. The number of rotatable bonds is 35. The summed E-state index contributed by atoms with van der Waals surface area (Å²) in [7, 11) is 0. The van der Waals surface area contributed by atoms with E-state index in [0.29, 0.717) is 51.6 Å². The average Bonchev–Trinajstić information content (AvgIpc) is 3.23. The summed E-state index contributed by atoms with van der Waals surface area (Å²) in [5.74, 6) is -8.23. The van der Waals surface area contributed by atoms with Gasteiger partial charge in [0, 0.05) is 0 Å². The van der Waals surface area contributed by atoms with Gasteiger partial charge in [-0.15, -0.1) is 0 Å². The number of carboxylic acid groups (broad SMARTS) is 2. The van der Waals surface area contributed by atoms with Crippen molar-refractivity contribution >= 4 is 85.5 Å². The third-order valence-corrected chi connectivity index (χ3v) is 16.5. The van der Waals surface area contributed by atoms with E-state index in [2.05, 4.69) is 42.5 Å². The fourth-order valence-corrected chi connectivity index (χ4v) is 12.8. The molecule has 0 bridgehead atoms. The molecule has 0 spiro atoms. The fourth-order valence-electron chi connectivity index (χ4n) is 5.73. The van der Waals surface area contributed by atoms with Gasteiger partial charge in [0.1, 0.15) is 0 Å². The van der Waals surface area contributed by atoms with Crippen molar-refractivity contribution in [2.45, 2.75) is 152 Å². The number of amides is 8. The molecule has 26 heteroatoms. The van der Waals surface area contributed by atoms with Crippen molar-refractivity contribution in [2.24, 2.45) is 34.8 Å². The van der Waals surface area contributed by atoms with Crippen LogP contribution in [0.1, 0.15) is 92.9 Å². The minimum absolute atomic E-state index is 0.0294. The van der Waals surface area contributed by atoms with Crippen LogP contribution < -0.4 is 65.5 Å². The quantitative estimate of drug-likeness (QED) is 0.0210. The Morgan fingerprint density at radius 3 is 1.08 bits per heavy atom. The number of carbonyl (C=O) groups excluding carboxylic acids is 8. The summed E-state index contributed by atoms with van der Waals surface area (Å²) in [4.78, 5) is 127. The van der Waals surface area contributed by atoms with E-state index in [9.17, 15) is 58.2 Å². The average molecular weight is 1070 g/mol. The third-order valence-electron chi connectivity index (χ3n) is 9.44. The number of aliphatic carboxylic acids is 2. The maximum atomic E-state index is 13.2. The molecule has 0 aliphatic rings. The topological polar surface area (TPSA) is 411 Å². The SMILES string of the molecule is CC(C)C[C@H](N)C(=O)N[C@@H](CCCCN)C(=O)NCC(=O)N[C@@H](C[Se][Se]C[C@H](NC(=O)CNC(=O)[C@H](CCCCN)NC(=O)[C@@H](N)CC(C)C)C(=O)N[C@@H](C)C(=O)O)C(=O)N[C@@H](C)C(=O)O. The van der Waals surface area contributed by atoms with Gasteiger partial charge in [0.25, 0.3) is 0 Å². The maximum absolute atomic E-state index is 13.2. The zero-order valence-corrected chi connectivity index (χ0v) is 42.2. The van der Waals surface area contributed by atoms with Crippen molar-refractivity contribution in [1.29, 1.82) is 0 Å². The molecule has 0 saturated carbocycles. The summed E-state index contributed by atoms with van der Waals surface area (Å²) in [5.41, 5.74) is 23.2. The van der Waals surface area contributed by atoms with Gasteiger partial charge in [-0.25, -0.2) is 0 Å². The molecule has 0 rings (SSSR count). The molecule has 0 aliphatic carbocycles. The van der Waals surface area contributed by atoms with Gasteiger partial charge in [0.05, 0.1) is 0 Å². The second kappa shape index (κ2) is 34.0. The van der Waals surface area contributed by atoms with E-state index in [0.717, 1.165) is 0 Å². The van der Waals surface area contributed by atoms with Crippen LogP contribution in [0.5, 0.6) is 0 Å². The van der Waals surface area contributed by atoms with Gasteiger partial charge in [-0.1, -0.05) is 27.7 Å². The Balaban J connectivity index is 5.94. The Kier molecular flexibility index (Phi) is 31.7. The fraction of sp³-hybridized carbons (Fsp3) is 0.750. The summed E-state index contributed by atoms with van der Waals surface area (Å²) in [6, 6.07) is -9.08. The van der Waals surface area contributed by atoms with E-state index in [1.54, 1.807) is 0 Å². The molecule has 0 aromatic heterocycles. The molecule has 0 heterocycles. The van der Waals surface area contributed by atoms with Gasteiger partial charge in [-0.3, -0.25) is 0 Å². The van der Waals surface area contributed by atoms with Gasteiger partial charge in [0.2, 0.25) is 0 Å². The Morgan fingerprint density at radius 1 is 0.455 bits per heavy atom. The van der Waals surface area contributed by atoms with Crippen LogP contribution in [0, 0.1) is 11.8 Å². The molecule has 8 amide bonds. The van der Waals surface area contributed by atoms with E-state index < -0.39 is 147 Å². The third kappa shape index (κ3) is 27.3. The van der Waals surface area contributed by atoms with Crippen LogP contribution in [0.15, 0.2) is 0 Å². The van der Waals surface area contributed by atoms with Crippen molar-refractivity contribution in [3.63, 3.8) is 0 Å². The molecule has 0 aliphatic heterocycles. The van der Waals surface area contributed by atoms with Crippen molar-refractivity contribution in [3.8, 4) is 0 Å². The zero-order valence-electron chi connectivity index (χ0n) is 38.8. The second-order valence-electron chi connectivity index (χ2n) is 16.5. The van der Waals surface area contributed by atoms with Gasteiger partial charge >= 0.3 is 348 Å². The van der Waals surface area contributed by atoms with Gasteiger partial charge in [0.15, 0.2) is 0 Å². The van der Waals surface area contributed by atoms with E-state index in [4.69, 9.17) is 22.9 Å². The summed E-state index contributed by atoms with van der Waals surface area (Å²) < 4.78 is 0. The van der Waals surface area contributed by atoms with Crippen LogP contribution in [-0.4, -0.2) is 170 Å². The molecule has 8 atom stereocenters. The first-order valence-corrected chi connectivity index (χ1v) is 28.7. The summed E-state index contributed by atoms with van der Waals surface area (Å²) in [5, 5.41) is 38.4. The first-order valence-electron chi connectivity index (χ1n) is 21.9. The van der Waals surface area contributed by atoms with Crippen molar-refractivity contribution in [3.05, 3.63) is 0 Å². The molecule has 378 valence electrons. The number of nitrogens with one attached hydrogen (secondary N) is 8. The number of hydrogen-bond donors (Lipinski definition) is 14. The van der Waals surface area contributed by atoms with Crippen molar-refractivity contribution in [1.82, 2.24) is 42.5 Å². The number of hydrogen-bond acceptors (Lipinski definition) is 14. The monoisotopic (exact) mass is 1070 g/mol. The predicted octanol–water partition coefficient (Wildman–Crippen LogP) is -4.50.